The highest BCUT2D eigenvalue weighted by Gasteiger charge is 2.22. The number of nitro groups is 1. The number of halogens is 1. The van der Waals surface area contributed by atoms with E-state index in [9.17, 15) is 27.7 Å². The number of para-hydroxylation sites is 1. The molecule has 0 radical (unpaired) electrons. The summed E-state index contributed by atoms with van der Waals surface area (Å²) in [6.07, 6.45) is 1.42. The molecule has 0 fully saturated rings. The first-order chi connectivity index (χ1) is 15.7. The first-order valence-corrected chi connectivity index (χ1v) is 11.5. The van der Waals surface area contributed by atoms with Gasteiger partial charge in [-0.2, -0.15) is 0 Å². The summed E-state index contributed by atoms with van der Waals surface area (Å²) in [7, 11) is -3.78. The average Bonchev–Trinajstić information content (AvgIpc) is 3.15. The number of hydrogen-bond acceptors (Lipinski definition) is 5. The van der Waals surface area contributed by atoms with E-state index in [2.05, 4.69) is 5.32 Å². The fourth-order valence-electron chi connectivity index (χ4n) is 3.49. The van der Waals surface area contributed by atoms with Crippen LogP contribution in [-0.2, 0) is 26.9 Å². The maximum absolute atomic E-state index is 13.2. The molecule has 0 atom stereocenters. The predicted molar refractivity (Wildman–Crippen MR) is 121 cm³/mol. The van der Waals surface area contributed by atoms with Gasteiger partial charge in [0.1, 0.15) is 12.4 Å². The Bertz CT molecular complexity index is 1450. The molecule has 10 heteroatoms. The summed E-state index contributed by atoms with van der Waals surface area (Å²) in [5.41, 5.74) is 1.30. The van der Waals surface area contributed by atoms with E-state index in [1.54, 1.807) is 24.3 Å². The topological polar surface area (TPSA) is 111 Å². The van der Waals surface area contributed by atoms with E-state index < -0.39 is 26.5 Å². The van der Waals surface area contributed by atoms with Gasteiger partial charge in [0.2, 0.25) is 5.91 Å². The Morgan fingerprint density at radius 2 is 1.67 bits per heavy atom. The van der Waals surface area contributed by atoms with E-state index in [1.807, 2.05) is 0 Å². The van der Waals surface area contributed by atoms with Gasteiger partial charge in [0.15, 0.2) is 9.84 Å². The molecule has 0 aliphatic heterocycles. The van der Waals surface area contributed by atoms with E-state index in [0.29, 0.717) is 22.2 Å². The van der Waals surface area contributed by atoms with Crippen LogP contribution in [0.15, 0.2) is 83.9 Å². The number of rotatable bonds is 7. The highest BCUT2D eigenvalue weighted by molar-refractivity contribution is 7.90. The van der Waals surface area contributed by atoms with E-state index in [4.69, 9.17) is 0 Å². The zero-order valence-electron chi connectivity index (χ0n) is 17.1. The van der Waals surface area contributed by atoms with Crippen molar-refractivity contribution in [3.63, 3.8) is 0 Å². The molecular formula is C23H18FN3O5S. The number of nitrogens with zero attached hydrogens (tertiary/aromatic N) is 2. The molecule has 1 heterocycles. The Morgan fingerprint density at radius 3 is 2.33 bits per heavy atom. The van der Waals surface area contributed by atoms with Crippen LogP contribution in [0.4, 0.5) is 15.8 Å². The van der Waals surface area contributed by atoms with Gasteiger partial charge in [-0.1, -0.05) is 30.3 Å². The van der Waals surface area contributed by atoms with Crippen LogP contribution >= 0.6 is 0 Å². The average molecular weight is 467 g/mol. The third kappa shape index (κ3) is 4.90. The minimum Gasteiger partial charge on any atom is -0.337 e. The quantitative estimate of drug-likeness (QED) is 0.322. The van der Waals surface area contributed by atoms with E-state index in [-0.39, 0.29) is 22.9 Å². The van der Waals surface area contributed by atoms with Crippen molar-refractivity contribution in [3.05, 3.63) is 100 Å². The van der Waals surface area contributed by atoms with Crippen LogP contribution < -0.4 is 5.32 Å². The number of non-ortho nitro benzene ring substituents is 1. The number of anilines is 1. The van der Waals surface area contributed by atoms with Crippen molar-refractivity contribution in [1.29, 1.82) is 0 Å². The van der Waals surface area contributed by atoms with Gasteiger partial charge in [-0.3, -0.25) is 14.9 Å². The fourth-order valence-corrected chi connectivity index (χ4v) is 5.07. The summed E-state index contributed by atoms with van der Waals surface area (Å²) in [5.74, 6) is -1.19. The van der Waals surface area contributed by atoms with Crippen molar-refractivity contribution < 1.29 is 22.5 Å². The fraction of sp³-hybridized carbons (Fsp3) is 0.0870. The molecule has 168 valence electrons. The maximum atomic E-state index is 13.2. The Balaban J connectivity index is 1.59. The second-order valence-electron chi connectivity index (χ2n) is 7.38. The Morgan fingerprint density at radius 1 is 1.00 bits per heavy atom. The van der Waals surface area contributed by atoms with Gasteiger partial charge in [0, 0.05) is 34.9 Å². The van der Waals surface area contributed by atoms with E-state index in [1.165, 1.54) is 59.3 Å². The van der Waals surface area contributed by atoms with Crippen molar-refractivity contribution >= 4 is 38.0 Å². The number of nitro benzene ring substituents is 1. The molecule has 0 unspecified atom stereocenters. The molecule has 3 aromatic carbocycles. The highest BCUT2D eigenvalue weighted by Crippen LogP contribution is 2.28. The summed E-state index contributed by atoms with van der Waals surface area (Å²) in [4.78, 5) is 22.9. The van der Waals surface area contributed by atoms with Crippen molar-refractivity contribution in [2.45, 2.75) is 17.2 Å². The maximum Gasteiger partial charge on any atom is 0.269 e. The van der Waals surface area contributed by atoms with Crippen molar-refractivity contribution in [3.8, 4) is 0 Å². The Kier molecular flexibility index (Phi) is 5.93. The minimum absolute atomic E-state index is 0.0746. The molecule has 1 amide bonds. The number of nitrogens with one attached hydrogen (secondary N) is 1. The van der Waals surface area contributed by atoms with Crippen LogP contribution in [0.25, 0.3) is 10.9 Å². The van der Waals surface area contributed by atoms with Crippen molar-refractivity contribution in [1.82, 2.24) is 4.57 Å². The normalized spacial score (nSPS) is 11.4. The summed E-state index contributed by atoms with van der Waals surface area (Å²) in [5, 5.41) is 13.9. The standard InChI is InChI=1S/C23H18FN3O5S/c24-17-7-5-16(6-8-17)15-33(31,32)22-13-26(21-4-2-1-3-20(21)22)14-23(28)25-18-9-11-19(12-10-18)27(29)30/h1-13H,14-15H2,(H,25,28). The van der Waals surface area contributed by atoms with Crippen LogP contribution in [0.3, 0.4) is 0 Å². The zero-order valence-corrected chi connectivity index (χ0v) is 18.0. The zero-order chi connectivity index (χ0) is 23.6. The first kappa shape index (κ1) is 22.2. The van der Waals surface area contributed by atoms with E-state index in [0.717, 1.165) is 0 Å². The number of carbonyl (C=O) groups is 1. The van der Waals surface area contributed by atoms with Crippen molar-refractivity contribution in [2.75, 3.05) is 5.32 Å². The van der Waals surface area contributed by atoms with Gasteiger partial charge in [0.25, 0.3) is 5.69 Å². The molecule has 0 spiro atoms. The van der Waals surface area contributed by atoms with Gasteiger partial charge >= 0.3 is 0 Å². The lowest BCUT2D eigenvalue weighted by Gasteiger charge is -2.07. The van der Waals surface area contributed by atoms with Gasteiger partial charge in [-0.15, -0.1) is 0 Å². The lowest BCUT2D eigenvalue weighted by Crippen LogP contribution is -2.18. The molecule has 0 saturated carbocycles. The van der Waals surface area contributed by atoms with Crippen LogP contribution in [0, 0.1) is 15.9 Å². The molecule has 0 aliphatic carbocycles. The number of benzene rings is 3. The van der Waals surface area contributed by atoms with Gasteiger partial charge in [-0.05, 0) is 35.9 Å². The lowest BCUT2D eigenvalue weighted by molar-refractivity contribution is -0.384. The number of fused-ring (bicyclic) bond motifs is 1. The molecule has 33 heavy (non-hydrogen) atoms. The molecule has 8 nitrogen and oxygen atoms in total. The van der Waals surface area contributed by atoms with Crippen molar-refractivity contribution in [2.24, 2.45) is 0 Å². The molecule has 0 bridgehead atoms. The third-order valence-electron chi connectivity index (χ3n) is 5.03. The predicted octanol–water partition coefficient (Wildman–Crippen LogP) is 4.30. The molecule has 0 saturated heterocycles. The van der Waals surface area contributed by atoms with Crippen LogP contribution in [0.1, 0.15) is 5.56 Å². The molecule has 1 N–H and O–H groups in total. The van der Waals surface area contributed by atoms with Gasteiger partial charge < -0.3 is 9.88 Å². The summed E-state index contributed by atoms with van der Waals surface area (Å²) < 4.78 is 40.9. The Labute approximate surface area is 188 Å². The van der Waals surface area contributed by atoms with Gasteiger partial charge in [-0.25, -0.2) is 12.8 Å². The van der Waals surface area contributed by atoms with Gasteiger partial charge in [0.05, 0.1) is 15.6 Å². The summed E-state index contributed by atoms with van der Waals surface area (Å²) in [6.45, 7) is -0.163. The second kappa shape index (κ2) is 8.83. The van der Waals surface area contributed by atoms with Crippen LogP contribution in [0.2, 0.25) is 0 Å². The molecule has 1 aromatic heterocycles. The summed E-state index contributed by atoms with van der Waals surface area (Å²) >= 11 is 0. The van der Waals surface area contributed by atoms with Crippen LogP contribution in [-0.4, -0.2) is 23.8 Å². The molecule has 0 aliphatic rings. The number of aromatic nitrogens is 1. The Hall–Kier alpha value is -4.05. The molecular weight excluding hydrogens is 449 g/mol. The monoisotopic (exact) mass is 467 g/mol. The first-order valence-electron chi connectivity index (χ1n) is 9.82. The van der Waals surface area contributed by atoms with Crippen LogP contribution in [0.5, 0.6) is 0 Å². The largest absolute Gasteiger partial charge is 0.337 e. The number of amides is 1. The third-order valence-corrected chi connectivity index (χ3v) is 6.74. The summed E-state index contributed by atoms with van der Waals surface area (Å²) in [6, 6.07) is 17.5. The SMILES string of the molecule is O=C(Cn1cc(S(=O)(=O)Cc2ccc(F)cc2)c2ccccc21)Nc1ccc([N+](=O)[O-])cc1. The minimum atomic E-state index is -3.78. The molecule has 4 rings (SSSR count). The lowest BCUT2D eigenvalue weighted by atomic mass is 10.2. The highest BCUT2D eigenvalue weighted by atomic mass is 32.2. The number of sulfone groups is 1. The van der Waals surface area contributed by atoms with E-state index >= 15 is 0 Å². The number of hydrogen-bond donors (Lipinski definition) is 1. The molecule has 4 aromatic rings. The second-order valence-corrected chi connectivity index (χ2v) is 9.33. The number of carbonyl (C=O) groups excluding carboxylic acids is 1. The smallest absolute Gasteiger partial charge is 0.269 e.